The lowest BCUT2D eigenvalue weighted by molar-refractivity contribution is 0.851. The van der Waals surface area contributed by atoms with Gasteiger partial charge in [-0.2, -0.15) is 9.61 Å². The fraction of sp³-hybridized carbons (Fsp3) is 0.200. The van der Waals surface area contributed by atoms with Gasteiger partial charge in [-0.1, -0.05) is 0 Å². The molecule has 0 radical (unpaired) electrons. The second-order valence-electron chi connectivity index (χ2n) is 1.93. The zero-order valence-electron chi connectivity index (χ0n) is 5.39. The van der Waals surface area contributed by atoms with Gasteiger partial charge in [0.05, 0.1) is 6.20 Å². The maximum atomic E-state index is 3.92. The van der Waals surface area contributed by atoms with Gasteiger partial charge in [0.25, 0.3) is 0 Å². The highest BCUT2D eigenvalue weighted by Gasteiger charge is 1.97. The number of fused-ring (bicyclic) bond motifs is 1. The molecule has 10 heavy (non-hydrogen) atoms. The van der Waals surface area contributed by atoms with Crippen LogP contribution in [0, 0.1) is 6.92 Å². The summed E-state index contributed by atoms with van der Waals surface area (Å²) in [6.07, 6.45) is 3.08. The summed E-state index contributed by atoms with van der Waals surface area (Å²) in [7, 11) is 0. The van der Waals surface area contributed by atoms with Crippen molar-refractivity contribution in [2.24, 2.45) is 0 Å². The van der Waals surface area contributed by atoms with E-state index in [0.29, 0.717) is 5.65 Å². The molecule has 0 aliphatic rings. The van der Waals surface area contributed by atoms with Crippen LogP contribution in [0.5, 0.6) is 0 Å². The molecule has 2 aromatic rings. The van der Waals surface area contributed by atoms with E-state index in [1.807, 2.05) is 6.92 Å². The summed E-state index contributed by atoms with van der Waals surface area (Å²) in [6.45, 7) is 1.84. The van der Waals surface area contributed by atoms with Gasteiger partial charge in [-0.15, -0.1) is 10.2 Å². The van der Waals surface area contributed by atoms with Gasteiger partial charge in [-0.25, -0.2) is 4.98 Å². The molecule has 0 fully saturated rings. The first-order valence-corrected chi connectivity index (χ1v) is 2.86. The van der Waals surface area contributed by atoms with Crippen LogP contribution in [0.4, 0.5) is 0 Å². The Morgan fingerprint density at radius 3 is 3.10 bits per heavy atom. The first-order valence-electron chi connectivity index (χ1n) is 2.86. The molecule has 0 atom stereocenters. The van der Waals surface area contributed by atoms with Gasteiger partial charge in [0.1, 0.15) is 6.33 Å². The molecule has 2 heterocycles. The molecule has 0 saturated carbocycles. The molecule has 5 nitrogen and oxygen atoms in total. The van der Waals surface area contributed by atoms with Crippen molar-refractivity contribution in [1.29, 1.82) is 0 Å². The molecule has 0 aliphatic heterocycles. The SMILES string of the molecule is Cc1nnc2cncnn12. The highest BCUT2D eigenvalue weighted by Crippen LogP contribution is 1.94. The van der Waals surface area contributed by atoms with Crippen molar-refractivity contribution in [3.05, 3.63) is 18.3 Å². The molecule has 2 aromatic heterocycles. The van der Waals surface area contributed by atoms with E-state index in [9.17, 15) is 0 Å². The first-order chi connectivity index (χ1) is 4.88. The highest BCUT2D eigenvalue weighted by molar-refractivity contribution is 5.30. The standard InChI is InChI=1S/C5H5N5/c1-4-8-9-5-2-6-3-7-10(4)5/h2-3H,1H3. The van der Waals surface area contributed by atoms with Crippen molar-refractivity contribution in [2.45, 2.75) is 6.92 Å². The Hall–Kier alpha value is -1.52. The molecule has 2 rings (SSSR count). The van der Waals surface area contributed by atoms with Crippen LogP contribution < -0.4 is 0 Å². The second kappa shape index (κ2) is 1.73. The minimum absolute atomic E-state index is 0.681. The summed E-state index contributed by atoms with van der Waals surface area (Å²) in [5, 5.41) is 11.5. The Morgan fingerprint density at radius 2 is 2.30 bits per heavy atom. The molecule has 0 aromatic carbocycles. The number of hydrogen-bond donors (Lipinski definition) is 0. The number of aryl methyl sites for hydroxylation is 1. The van der Waals surface area contributed by atoms with Crippen LogP contribution in [-0.4, -0.2) is 24.8 Å². The van der Waals surface area contributed by atoms with Gasteiger partial charge in [0, 0.05) is 0 Å². The van der Waals surface area contributed by atoms with Gasteiger partial charge in [-0.05, 0) is 6.92 Å². The molecule has 0 saturated heterocycles. The second-order valence-corrected chi connectivity index (χ2v) is 1.93. The molecule has 0 N–H and O–H groups in total. The minimum atomic E-state index is 0.681. The summed E-state index contributed by atoms with van der Waals surface area (Å²) in [5.41, 5.74) is 0.681. The van der Waals surface area contributed by atoms with Crippen molar-refractivity contribution in [3.63, 3.8) is 0 Å². The molecule has 0 amide bonds. The molecule has 0 unspecified atom stereocenters. The summed E-state index contributed by atoms with van der Waals surface area (Å²) in [5.74, 6) is 0.775. The summed E-state index contributed by atoms with van der Waals surface area (Å²) >= 11 is 0. The van der Waals surface area contributed by atoms with Crippen LogP contribution >= 0.6 is 0 Å². The molecular weight excluding hydrogens is 130 g/mol. The van der Waals surface area contributed by atoms with Gasteiger partial charge in [-0.3, -0.25) is 0 Å². The van der Waals surface area contributed by atoms with Crippen LogP contribution in [0.3, 0.4) is 0 Å². The van der Waals surface area contributed by atoms with Crippen LogP contribution in [-0.2, 0) is 0 Å². The van der Waals surface area contributed by atoms with Crippen LogP contribution in [0.25, 0.3) is 5.65 Å². The predicted molar refractivity (Wildman–Crippen MR) is 33.3 cm³/mol. The minimum Gasteiger partial charge on any atom is -0.239 e. The molecule has 5 heteroatoms. The quantitative estimate of drug-likeness (QED) is 0.503. The monoisotopic (exact) mass is 135 g/mol. The lowest BCUT2D eigenvalue weighted by Gasteiger charge is -1.87. The maximum absolute atomic E-state index is 3.92. The average molecular weight is 135 g/mol. The van der Waals surface area contributed by atoms with Crippen molar-refractivity contribution < 1.29 is 0 Å². The zero-order valence-corrected chi connectivity index (χ0v) is 5.39. The van der Waals surface area contributed by atoms with E-state index in [1.165, 1.54) is 6.33 Å². The Bertz CT molecular complexity index is 352. The predicted octanol–water partition coefficient (Wildman–Crippen LogP) is -0.172. The van der Waals surface area contributed by atoms with Crippen molar-refractivity contribution in [2.75, 3.05) is 0 Å². The van der Waals surface area contributed by atoms with E-state index in [-0.39, 0.29) is 0 Å². The highest BCUT2D eigenvalue weighted by atomic mass is 15.4. The van der Waals surface area contributed by atoms with Gasteiger partial charge in [0.15, 0.2) is 11.5 Å². The van der Waals surface area contributed by atoms with Crippen LogP contribution in [0.1, 0.15) is 5.82 Å². The number of rotatable bonds is 0. The Labute approximate surface area is 56.7 Å². The molecule has 50 valence electrons. The lowest BCUT2D eigenvalue weighted by atomic mass is 10.7. The third-order valence-electron chi connectivity index (χ3n) is 1.24. The van der Waals surface area contributed by atoms with Crippen molar-refractivity contribution in [3.8, 4) is 0 Å². The summed E-state index contributed by atoms with van der Waals surface area (Å²) in [6, 6.07) is 0. The molecule has 0 bridgehead atoms. The van der Waals surface area contributed by atoms with E-state index >= 15 is 0 Å². The van der Waals surface area contributed by atoms with E-state index in [2.05, 4.69) is 20.3 Å². The maximum Gasteiger partial charge on any atom is 0.196 e. The van der Waals surface area contributed by atoms with E-state index in [1.54, 1.807) is 10.7 Å². The Balaban J connectivity index is 2.93. The number of aromatic nitrogens is 5. The van der Waals surface area contributed by atoms with E-state index in [0.717, 1.165) is 5.82 Å². The Kier molecular flexibility index (Phi) is 0.913. The normalized spacial score (nSPS) is 10.5. The van der Waals surface area contributed by atoms with E-state index in [4.69, 9.17) is 0 Å². The summed E-state index contributed by atoms with van der Waals surface area (Å²) in [4.78, 5) is 3.79. The Morgan fingerprint density at radius 1 is 1.40 bits per heavy atom. The van der Waals surface area contributed by atoms with Gasteiger partial charge < -0.3 is 0 Å². The van der Waals surface area contributed by atoms with Crippen molar-refractivity contribution >= 4 is 5.65 Å². The smallest absolute Gasteiger partial charge is 0.196 e. The van der Waals surface area contributed by atoms with Crippen LogP contribution in [0.15, 0.2) is 12.5 Å². The van der Waals surface area contributed by atoms with E-state index < -0.39 is 0 Å². The van der Waals surface area contributed by atoms with Crippen LogP contribution in [0.2, 0.25) is 0 Å². The lowest BCUT2D eigenvalue weighted by Crippen LogP contribution is -1.93. The number of hydrogen-bond acceptors (Lipinski definition) is 4. The van der Waals surface area contributed by atoms with Crippen molar-refractivity contribution in [1.82, 2.24) is 24.8 Å². The van der Waals surface area contributed by atoms with Gasteiger partial charge in [0.2, 0.25) is 0 Å². The topological polar surface area (TPSA) is 56.0 Å². The average Bonchev–Trinajstić information content (AvgIpc) is 2.34. The fourth-order valence-corrected chi connectivity index (χ4v) is 0.779. The number of nitrogens with zero attached hydrogens (tertiary/aromatic N) is 5. The largest absolute Gasteiger partial charge is 0.239 e. The third kappa shape index (κ3) is 0.570. The fourth-order valence-electron chi connectivity index (χ4n) is 0.779. The zero-order chi connectivity index (χ0) is 6.97. The van der Waals surface area contributed by atoms with Gasteiger partial charge >= 0.3 is 0 Å². The molecule has 0 aliphatic carbocycles. The first kappa shape index (κ1) is 5.28. The molecular formula is C5H5N5. The third-order valence-corrected chi connectivity index (χ3v) is 1.24. The molecule has 0 spiro atoms. The summed E-state index contributed by atoms with van der Waals surface area (Å²) < 4.78 is 1.63.